The first-order valence-corrected chi connectivity index (χ1v) is 12.1. The van der Waals surface area contributed by atoms with Gasteiger partial charge >= 0.3 is 5.97 Å². The van der Waals surface area contributed by atoms with Gasteiger partial charge in [-0.25, -0.2) is 8.42 Å². The molecule has 0 unspecified atom stereocenters. The molecule has 34 heavy (non-hydrogen) atoms. The van der Waals surface area contributed by atoms with Gasteiger partial charge in [0.15, 0.2) is 6.10 Å². The summed E-state index contributed by atoms with van der Waals surface area (Å²) in [5.41, 5.74) is 0.251. The maximum absolute atomic E-state index is 13.2. The molecule has 2 aromatic rings. The molecular weight excluding hydrogens is 460 g/mol. The van der Waals surface area contributed by atoms with Crippen molar-refractivity contribution in [2.24, 2.45) is 4.99 Å². The Kier molecular flexibility index (Phi) is 5.90. The first kappa shape index (κ1) is 23.4. The number of amides is 2. The number of benzene rings is 2. The summed E-state index contributed by atoms with van der Waals surface area (Å²) in [6.45, 7) is 4.63. The SMILES string of the molecule is C[C@@H](OC(=O)CCN=C1NS(=O)(=O)c2ccccc21)C(=O)N1c2ccccc2NC(=O)C1(C)C. The van der Waals surface area contributed by atoms with Crippen molar-refractivity contribution in [1.82, 2.24) is 4.72 Å². The van der Waals surface area contributed by atoms with E-state index in [1.807, 2.05) is 0 Å². The smallest absolute Gasteiger partial charge is 0.308 e. The fraction of sp³-hybridized carbons (Fsp3) is 0.304. The Morgan fingerprint density at radius 3 is 2.56 bits per heavy atom. The van der Waals surface area contributed by atoms with E-state index in [-0.39, 0.29) is 29.6 Å². The van der Waals surface area contributed by atoms with Crippen molar-refractivity contribution in [2.45, 2.75) is 43.7 Å². The van der Waals surface area contributed by atoms with Gasteiger partial charge in [0.1, 0.15) is 11.4 Å². The molecule has 2 heterocycles. The minimum atomic E-state index is -3.67. The number of sulfonamides is 1. The molecule has 2 N–H and O–H groups in total. The zero-order chi connectivity index (χ0) is 24.7. The zero-order valence-corrected chi connectivity index (χ0v) is 19.7. The predicted molar refractivity (Wildman–Crippen MR) is 125 cm³/mol. The Labute approximate surface area is 197 Å². The number of anilines is 2. The lowest BCUT2D eigenvalue weighted by Gasteiger charge is -2.42. The number of aliphatic imine (C=N–C) groups is 1. The fourth-order valence-electron chi connectivity index (χ4n) is 3.85. The summed E-state index contributed by atoms with van der Waals surface area (Å²) in [6.07, 6.45) is -1.31. The quantitative estimate of drug-likeness (QED) is 0.622. The number of rotatable bonds is 5. The summed E-state index contributed by atoms with van der Waals surface area (Å²) in [7, 11) is -3.67. The molecule has 1 atom stereocenters. The Morgan fingerprint density at radius 2 is 1.79 bits per heavy atom. The number of nitrogens with one attached hydrogen (secondary N) is 2. The van der Waals surface area contributed by atoms with Gasteiger partial charge in [-0.3, -0.25) is 29.0 Å². The zero-order valence-electron chi connectivity index (χ0n) is 18.9. The molecule has 10 nitrogen and oxygen atoms in total. The van der Waals surface area contributed by atoms with Crippen LogP contribution < -0.4 is 14.9 Å². The highest BCUT2D eigenvalue weighted by Crippen LogP contribution is 2.37. The molecule has 2 amide bonds. The van der Waals surface area contributed by atoms with Gasteiger partial charge in [-0.1, -0.05) is 24.3 Å². The van der Waals surface area contributed by atoms with Gasteiger partial charge in [0.25, 0.3) is 15.9 Å². The van der Waals surface area contributed by atoms with Crippen LogP contribution in [0, 0.1) is 0 Å². The van der Waals surface area contributed by atoms with Crippen LogP contribution in [0.3, 0.4) is 0 Å². The molecule has 2 aromatic carbocycles. The molecule has 0 aliphatic carbocycles. The number of hydrogen-bond donors (Lipinski definition) is 2. The summed E-state index contributed by atoms with van der Waals surface area (Å²) in [5, 5.41) is 2.78. The molecule has 178 valence electrons. The lowest BCUT2D eigenvalue weighted by molar-refractivity contribution is -0.154. The Morgan fingerprint density at radius 1 is 1.12 bits per heavy atom. The molecule has 2 aliphatic rings. The standard InChI is InChI=1S/C23H24N4O6S/c1-14(21(29)27-17-10-6-5-9-16(17)25-22(30)23(27,2)3)33-19(28)12-13-24-20-15-8-4-7-11-18(15)34(31,32)26-20/h4-11,14H,12-13H2,1-3H3,(H,24,26)(H,25,30)/t14-/m1/s1. The number of ether oxygens (including phenoxy) is 1. The van der Waals surface area contributed by atoms with E-state index in [1.54, 1.807) is 56.3 Å². The van der Waals surface area contributed by atoms with Crippen molar-refractivity contribution < 1.29 is 27.5 Å². The van der Waals surface area contributed by atoms with E-state index < -0.39 is 33.5 Å². The minimum Gasteiger partial charge on any atom is -0.452 e. The number of carbonyl (C=O) groups excluding carboxylic acids is 3. The van der Waals surface area contributed by atoms with E-state index in [9.17, 15) is 22.8 Å². The molecule has 11 heteroatoms. The molecular formula is C23H24N4O6S. The second-order valence-electron chi connectivity index (χ2n) is 8.42. The lowest BCUT2D eigenvalue weighted by Crippen LogP contribution is -2.60. The van der Waals surface area contributed by atoms with Crippen LogP contribution in [0.25, 0.3) is 0 Å². The predicted octanol–water partition coefficient (Wildman–Crippen LogP) is 1.81. The average Bonchev–Trinajstić information content (AvgIpc) is 3.04. The largest absolute Gasteiger partial charge is 0.452 e. The summed E-state index contributed by atoms with van der Waals surface area (Å²) < 4.78 is 32.0. The molecule has 4 rings (SSSR count). The number of fused-ring (bicyclic) bond motifs is 2. The van der Waals surface area contributed by atoms with E-state index >= 15 is 0 Å². The average molecular weight is 485 g/mol. The normalized spacial score (nSPS) is 19.4. The third kappa shape index (κ3) is 4.14. The van der Waals surface area contributed by atoms with Crippen LogP contribution in [-0.2, 0) is 29.1 Å². The van der Waals surface area contributed by atoms with E-state index in [2.05, 4.69) is 15.0 Å². The summed E-state index contributed by atoms with van der Waals surface area (Å²) in [4.78, 5) is 43.8. The summed E-state index contributed by atoms with van der Waals surface area (Å²) >= 11 is 0. The first-order chi connectivity index (χ1) is 16.0. The minimum absolute atomic E-state index is 0.0353. The van der Waals surface area contributed by atoms with E-state index in [0.29, 0.717) is 16.9 Å². The highest BCUT2D eigenvalue weighted by atomic mass is 32.2. The van der Waals surface area contributed by atoms with Crippen LogP contribution in [0.1, 0.15) is 32.8 Å². The van der Waals surface area contributed by atoms with Gasteiger partial charge in [0.05, 0.1) is 29.2 Å². The number of esters is 1. The first-order valence-electron chi connectivity index (χ1n) is 10.6. The van der Waals surface area contributed by atoms with Gasteiger partial charge in [-0.15, -0.1) is 0 Å². The third-order valence-electron chi connectivity index (χ3n) is 5.63. The highest BCUT2D eigenvalue weighted by molar-refractivity contribution is 7.90. The molecule has 0 spiro atoms. The maximum Gasteiger partial charge on any atom is 0.308 e. The van der Waals surface area contributed by atoms with Crippen LogP contribution in [0.5, 0.6) is 0 Å². The topological polar surface area (TPSA) is 134 Å². The molecule has 0 fully saturated rings. The van der Waals surface area contributed by atoms with Gasteiger partial charge in [0, 0.05) is 5.56 Å². The van der Waals surface area contributed by atoms with Crippen LogP contribution in [0.4, 0.5) is 11.4 Å². The van der Waals surface area contributed by atoms with Gasteiger partial charge in [0.2, 0.25) is 5.91 Å². The molecule has 0 bridgehead atoms. The van der Waals surface area contributed by atoms with Crippen LogP contribution >= 0.6 is 0 Å². The molecule has 0 saturated carbocycles. The number of hydrogen-bond acceptors (Lipinski definition) is 7. The van der Waals surface area contributed by atoms with Crippen LogP contribution in [0.15, 0.2) is 58.4 Å². The number of nitrogens with zero attached hydrogens (tertiary/aromatic N) is 2. The Bertz CT molecular complexity index is 1320. The second-order valence-corrected chi connectivity index (χ2v) is 10.1. The summed E-state index contributed by atoms with van der Waals surface area (Å²) in [6, 6.07) is 13.3. The highest BCUT2D eigenvalue weighted by Gasteiger charge is 2.45. The van der Waals surface area contributed by atoms with Crippen molar-refractivity contribution in [3.8, 4) is 0 Å². The molecule has 0 radical (unpaired) electrons. The van der Waals surface area contributed by atoms with Crippen LogP contribution in [0.2, 0.25) is 0 Å². The van der Waals surface area contributed by atoms with E-state index in [0.717, 1.165) is 0 Å². The van der Waals surface area contributed by atoms with Gasteiger partial charge in [-0.2, -0.15) is 0 Å². The summed E-state index contributed by atoms with van der Waals surface area (Å²) in [5.74, 6) is -1.41. The van der Waals surface area contributed by atoms with Crippen molar-refractivity contribution in [1.29, 1.82) is 0 Å². The number of amidine groups is 1. The maximum atomic E-state index is 13.2. The Hall–Kier alpha value is -3.73. The van der Waals surface area contributed by atoms with Gasteiger partial charge < -0.3 is 10.1 Å². The Balaban J connectivity index is 1.42. The lowest BCUT2D eigenvalue weighted by atomic mass is 9.95. The molecule has 0 saturated heterocycles. The van der Waals surface area contributed by atoms with Gasteiger partial charge in [-0.05, 0) is 45.0 Å². The number of para-hydroxylation sites is 2. The molecule has 0 aromatic heterocycles. The van der Waals surface area contributed by atoms with E-state index in [1.165, 1.54) is 17.9 Å². The fourth-order valence-corrected chi connectivity index (χ4v) is 5.10. The van der Waals surface area contributed by atoms with Crippen molar-refractivity contribution in [3.05, 3.63) is 54.1 Å². The number of carbonyl (C=O) groups is 3. The van der Waals surface area contributed by atoms with Crippen molar-refractivity contribution in [3.63, 3.8) is 0 Å². The second kappa shape index (κ2) is 8.56. The van der Waals surface area contributed by atoms with Crippen LogP contribution in [-0.4, -0.2) is 50.2 Å². The van der Waals surface area contributed by atoms with Crippen molar-refractivity contribution >= 4 is 45.0 Å². The third-order valence-corrected chi connectivity index (χ3v) is 7.03. The van der Waals surface area contributed by atoms with Crippen molar-refractivity contribution in [2.75, 3.05) is 16.8 Å². The monoisotopic (exact) mass is 484 g/mol. The molecule has 2 aliphatic heterocycles. The van der Waals surface area contributed by atoms with E-state index in [4.69, 9.17) is 4.74 Å².